The Morgan fingerprint density at radius 3 is 3.10 bits per heavy atom. The number of halogens is 1. The Morgan fingerprint density at radius 1 is 1.75 bits per heavy atom. The Bertz CT molecular complexity index is 624. The highest BCUT2D eigenvalue weighted by atomic mass is 79.9. The molecule has 1 aromatic rings. The number of pyridine rings is 1. The second kappa shape index (κ2) is 5.77. The van der Waals surface area contributed by atoms with E-state index in [-0.39, 0.29) is 29.6 Å². The number of nitrogens with zero attached hydrogens (tertiary/aromatic N) is 6. The summed E-state index contributed by atoms with van der Waals surface area (Å²) in [6, 6.07) is 3.43. The first-order valence-corrected chi connectivity index (χ1v) is 6.53. The van der Waals surface area contributed by atoms with Crippen LogP contribution in [0.1, 0.15) is 12.0 Å². The van der Waals surface area contributed by atoms with Gasteiger partial charge in [0.1, 0.15) is 22.1 Å². The number of nitrogen functional groups attached to an aromatic ring is 1. The molecule has 2 rings (SSSR count). The molecule has 1 aromatic heterocycles. The zero-order valence-corrected chi connectivity index (χ0v) is 11.9. The average Bonchev–Trinajstić information content (AvgIpc) is 2.77. The van der Waals surface area contributed by atoms with E-state index in [0.29, 0.717) is 23.4 Å². The fourth-order valence-electron chi connectivity index (χ4n) is 2.05. The van der Waals surface area contributed by atoms with Crippen molar-refractivity contribution in [1.29, 1.82) is 5.26 Å². The second-order valence-corrected chi connectivity index (χ2v) is 5.09. The molecular formula is C11H10BrN7O. The summed E-state index contributed by atoms with van der Waals surface area (Å²) in [5, 5.41) is 12.4. The van der Waals surface area contributed by atoms with Gasteiger partial charge in [0.15, 0.2) is 0 Å². The zero-order valence-electron chi connectivity index (χ0n) is 10.3. The van der Waals surface area contributed by atoms with Gasteiger partial charge in [-0.3, -0.25) is 9.69 Å². The summed E-state index contributed by atoms with van der Waals surface area (Å²) >= 11 is 3.16. The maximum atomic E-state index is 12.0. The molecule has 2 heterocycles. The lowest BCUT2D eigenvalue weighted by molar-refractivity contribution is -0.117. The van der Waals surface area contributed by atoms with E-state index in [1.54, 1.807) is 0 Å². The van der Waals surface area contributed by atoms with Crippen LogP contribution in [0.25, 0.3) is 10.4 Å². The van der Waals surface area contributed by atoms with E-state index >= 15 is 0 Å². The number of nitrogens with two attached hydrogens (primary N) is 1. The van der Waals surface area contributed by atoms with Crippen LogP contribution in [0.15, 0.2) is 15.8 Å². The predicted octanol–water partition coefficient (Wildman–Crippen LogP) is 1.96. The number of carbonyl (C=O) groups excluding carboxylic acids is 1. The fourth-order valence-corrected chi connectivity index (χ4v) is 2.54. The number of carbonyl (C=O) groups is 1. The Balaban J connectivity index is 2.27. The number of anilines is 2. The number of amides is 1. The van der Waals surface area contributed by atoms with Crippen LogP contribution in [0.4, 0.5) is 11.5 Å². The Kier molecular flexibility index (Phi) is 4.08. The van der Waals surface area contributed by atoms with E-state index in [1.165, 1.54) is 11.0 Å². The maximum absolute atomic E-state index is 12.0. The summed E-state index contributed by atoms with van der Waals surface area (Å²) in [5.74, 6) is 0.254. The van der Waals surface area contributed by atoms with Crippen LogP contribution in [0, 0.1) is 17.2 Å². The number of hydrogen-bond donors (Lipinski definition) is 1. The molecule has 1 unspecified atom stereocenters. The first-order chi connectivity index (χ1) is 9.56. The fraction of sp³-hybridized carbons (Fsp3) is 0.364. The van der Waals surface area contributed by atoms with Crippen molar-refractivity contribution in [3.05, 3.63) is 26.7 Å². The molecule has 102 valence electrons. The van der Waals surface area contributed by atoms with Gasteiger partial charge in [-0.25, -0.2) is 4.98 Å². The minimum Gasteiger partial charge on any atom is -0.397 e. The highest BCUT2D eigenvalue weighted by Crippen LogP contribution is 2.29. The van der Waals surface area contributed by atoms with E-state index in [9.17, 15) is 4.79 Å². The molecule has 9 heteroatoms. The van der Waals surface area contributed by atoms with Gasteiger partial charge in [-0.1, -0.05) is 5.11 Å². The summed E-state index contributed by atoms with van der Waals surface area (Å²) in [5.41, 5.74) is 14.6. The Morgan fingerprint density at radius 2 is 2.50 bits per heavy atom. The molecule has 0 aliphatic carbocycles. The quantitative estimate of drug-likeness (QED) is 0.391. The number of hydrogen-bond acceptors (Lipinski definition) is 5. The van der Waals surface area contributed by atoms with Crippen molar-refractivity contribution >= 4 is 33.3 Å². The molecule has 0 saturated carbocycles. The van der Waals surface area contributed by atoms with Crippen molar-refractivity contribution in [2.45, 2.75) is 6.42 Å². The van der Waals surface area contributed by atoms with Gasteiger partial charge in [0, 0.05) is 30.5 Å². The van der Waals surface area contributed by atoms with Crippen LogP contribution in [0.5, 0.6) is 0 Å². The third-order valence-corrected chi connectivity index (χ3v) is 3.56. The number of azide groups is 1. The van der Waals surface area contributed by atoms with Gasteiger partial charge in [-0.2, -0.15) is 5.26 Å². The van der Waals surface area contributed by atoms with Gasteiger partial charge in [-0.05, 0) is 27.4 Å². The minimum absolute atomic E-state index is 0.0316. The Hall–Kier alpha value is -2.30. The van der Waals surface area contributed by atoms with E-state index in [2.05, 4.69) is 30.9 Å². The van der Waals surface area contributed by atoms with Gasteiger partial charge < -0.3 is 5.73 Å². The molecule has 2 N–H and O–H groups in total. The minimum atomic E-state index is -0.105. The molecular weight excluding hydrogens is 326 g/mol. The molecule has 0 spiro atoms. The molecule has 20 heavy (non-hydrogen) atoms. The topological polar surface area (TPSA) is 132 Å². The van der Waals surface area contributed by atoms with E-state index < -0.39 is 0 Å². The standard InChI is InChI=1S/C11H10BrN7O/c12-11-7(3-13)8(14)2-9(17-11)19-5-6(1-10(19)20)4-16-18-15/h2,6H,1,4-5H2,(H2,14,17). The normalized spacial score (nSPS) is 17.7. The zero-order chi connectivity index (χ0) is 14.7. The van der Waals surface area contributed by atoms with E-state index in [4.69, 9.17) is 16.5 Å². The van der Waals surface area contributed by atoms with Gasteiger partial charge in [0.05, 0.1) is 5.69 Å². The van der Waals surface area contributed by atoms with Crippen LogP contribution in [-0.2, 0) is 4.79 Å². The van der Waals surface area contributed by atoms with Gasteiger partial charge in [0.25, 0.3) is 0 Å². The first-order valence-electron chi connectivity index (χ1n) is 5.74. The summed E-state index contributed by atoms with van der Waals surface area (Å²) in [7, 11) is 0. The molecule has 1 atom stereocenters. The Labute approximate surface area is 122 Å². The summed E-state index contributed by atoms with van der Waals surface area (Å²) in [6.07, 6.45) is 0.304. The molecule has 1 amide bonds. The highest BCUT2D eigenvalue weighted by molar-refractivity contribution is 9.10. The van der Waals surface area contributed by atoms with E-state index in [1.807, 2.05) is 6.07 Å². The lowest BCUT2D eigenvalue weighted by atomic mass is 10.1. The van der Waals surface area contributed by atoms with Crippen LogP contribution >= 0.6 is 15.9 Å². The highest BCUT2D eigenvalue weighted by Gasteiger charge is 2.31. The van der Waals surface area contributed by atoms with Crippen molar-refractivity contribution in [2.24, 2.45) is 11.0 Å². The van der Waals surface area contributed by atoms with E-state index in [0.717, 1.165) is 0 Å². The molecule has 0 radical (unpaired) electrons. The third kappa shape index (κ3) is 2.66. The molecule has 1 aliphatic rings. The molecule has 1 aliphatic heterocycles. The molecule has 1 fully saturated rings. The number of aromatic nitrogens is 1. The SMILES string of the molecule is N#Cc1c(N)cc(N2CC(CN=[N+]=[N-])CC2=O)nc1Br. The molecule has 8 nitrogen and oxygen atoms in total. The number of nitriles is 1. The van der Waals surface area contributed by atoms with Crippen LogP contribution in [0.2, 0.25) is 0 Å². The van der Waals surface area contributed by atoms with Crippen molar-refractivity contribution in [3.63, 3.8) is 0 Å². The first kappa shape index (κ1) is 14.1. The van der Waals surface area contributed by atoms with Gasteiger partial charge in [-0.15, -0.1) is 0 Å². The molecule has 0 aromatic carbocycles. The maximum Gasteiger partial charge on any atom is 0.228 e. The summed E-state index contributed by atoms with van der Waals surface area (Å²) < 4.78 is 0.307. The number of rotatable bonds is 3. The lowest BCUT2D eigenvalue weighted by Crippen LogP contribution is -2.26. The van der Waals surface area contributed by atoms with Crippen LogP contribution in [0.3, 0.4) is 0 Å². The van der Waals surface area contributed by atoms with Crippen molar-refractivity contribution in [3.8, 4) is 6.07 Å². The lowest BCUT2D eigenvalue weighted by Gasteiger charge is -2.16. The van der Waals surface area contributed by atoms with Crippen LogP contribution in [-0.4, -0.2) is 24.0 Å². The van der Waals surface area contributed by atoms with Crippen molar-refractivity contribution < 1.29 is 4.79 Å². The molecule has 1 saturated heterocycles. The molecule has 0 bridgehead atoms. The van der Waals surface area contributed by atoms with Crippen molar-refractivity contribution in [1.82, 2.24) is 4.98 Å². The van der Waals surface area contributed by atoms with Gasteiger partial charge >= 0.3 is 0 Å². The second-order valence-electron chi connectivity index (χ2n) is 4.34. The smallest absolute Gasteiger partial charge is 0.228 e. The predicted molar refractivity (Wildman–Crippen MR) is 75.5 cm³/mol. The third-order valence-electron chi connectivity index (χ3n) is 2.99. The average molecular weight is 336 g/mol. The largest absolute Gasteiger partial charge is 0.397 e. The monoisotopic (exact) mass is 335 g/mol. The van der Waals surface area contributed by atoms with Crippen LogP contribution < -0.4 is 10.6 Å². The van der Waals surface area contributed by atoms with Crippen molar-refractivity contribution in [2.75, 3.05) is 23.7 Å². The summed E-state index contributed by atoms with van der Waals surface area (Å²) in [6.45, 7) is 0.689. The van der Waals surface area contributed by atoms with Gasteiger partial charge in [0.2, 0.25) is 5.91 Å². The summed E-state index contributed by atoms with van der Waals surface area (Å²) in [4.78, 5) is 20.3.